The summed E-state index contributed by atoms with van der Waals surface area (Å²) in [5, 5.41) is 30.4. The van der Waals surface area contributed by atoms with Gasteiger partial charge in [0.25, 0.3) is 0 Å². The zero-order chi connectivity index (χ0) is 49.7. The Morgan fingerprint density at radius 2 is 1.33 bits per heavy atom. The lowest BCUT2D eigenvalue weighted by Gasteiger charge is -2.32. The largest absolute Gasteiger partial charge is 0.506 e. The van der Waals surface area contributed by atoms with Crippen molar-refractivity contribution in [3.63, 3.8) is 0 Å². The SMILES string of the molecule is CCOC(=O)C(C=N[C@H](CO)C(C)C)=C(O)c1cc(Cc2cccc(Cl)c2F)c(OC)cc1F.CCOC(=O)C1=CC([C@H](CO)C(C)C)c2cc(OC)c(Cc3cccc(Cl)c3F)cc2C1=O. The third kappa shape index (κ3) is 13.1. The molecule has 0 aliphatic heterocycles. The van der Waals surface area contributed by atoms with E-state index in [0.717, 1.165) is 12.3 Å². The number of aliphatic hydroxyl groups is 3. The molecule has 5 rings (SSSR count). The van der Waals surface area contributed by atoms with E-state index in [4.69, 9.17) is 42.1 Å². The number of aliphatic imine (C=N–C) groups is 1. The smallest absolute Gasteiger partial charge is 0.343 e. The Balaban J connectivity index is 0.000000293. The highest BCUT2D eigenvalue weighted by atomic mass is 35.5. The molecule has 0 bridgehead atoms. The van der Waals surface area contributed by atoms with E-state index in [-0.39, 0.29) is 95.1 Å². The van der Waals surface area contributed by atoms with Gasteiger partial charge in [-0.1, -0.05) is 81.2 Å². The first kappa shape index (κ1) is 53.9. The van der Waals surface area contributed by atoms with Crippen LogP contribution < -0.4 is 9.47 Å². The number of nitrogens with zero attached hydrogens (tertiary/aromatic N) is 1. The van der Waals surface area contributed by atoms with Crippen molar-refractivity contribution in [2.24, 2.45) is 22.7 Å². The van der Waals surface area contributed by atoms with E-state index >= 15 is 0 Å². The van der Waals surface area contributed by atoms with Gasteiger partial charge in [-0.05, 0) is 89.8 Å². The Labute approximate surface area is 398 Å². The average molecular weight is 971 g/mol. The number of esters is 2. The number of Topliss-reactive ketones (excluding diaryl/α,β-unsaturated/α-hetero) is 1. The van der Waals surface area contributed by atoms with Gasteiger partial charge in [-0.3, -0.25) is 9.79 Å². The van der Waals surface area contributed by atoms with Crippen LogP contribution in [0.3, 0.4) is 0 Å². The minimum atomic E-state index is -0.915. The monoisotopic (exact) mass is 969 g/mol. The number of carbonyl (C=O) groups excluding carboxylic acids is 3. The maximum absolute atomic E-state index is 14.9. The van der Waals surface area contributed by atoms with Crippen molar-refractivity contribution in [1.82, 2.24) is 0 Å². The van der Waals surface area contributed by atoms with E-state index < -0.39 is 52.9 Å². The van der Waals surface area contributed by atoms with E-state index in [9.17, 15) is 42.9 Å². The van der Waals surface area contributed by atoms with Crippen molar-refractivity contribution in [2.75, 3.05) is 40.6 Å². The highest BCUT2D eigenvalue weighted by molar-refractivity contribution is 6.31. The van der Waals surface area contributed by atoms with Crippen molar-refractivity contribution < 1.29 is 61.8 Å². The number of carbonyl (C=O) groups is 3. The fraction of sp³-hybridized carbons (Fsp3) is 0.373. The van der Waals surface area contributed by atoms with Gasteiger partial charge >= 0.3 is 11.9 Å². The van der Waals surface area contributed by atoms with Crippen LogP contribution in [0.1, 0.15) is 91.2 Å². The second-order valence-electron chi connectivity index (χ2n) is 16.2. The zero-order valence-electron chi connectivity index (χ0n) is 38.6. The Bertz CT molecular complexity index is 2520. The Morgan fingerprint density at radius 3 is 1.82 bits per heavy atom. The summed E-state index contributed by atoms with van der Waals surface area (Å²) in [6.45, 7) is 10.6. The number of benzene rings is 4. The van der Waals surface area contributed by atoms with E-state index in [1.165, 1.54) is 38.5 Å². The summed E-state index contributed by atoms with van der Waals surface area (Å²) in [4.78, 5) is 42.6. The molecule has 3 N–H and O–H groups in total. The number of methoxy groups -OCH3 is 2. The van der Waals surface area contributed by atoms with Gasteiger partial charge < -0.3 is 34.3 Å². The van der Waals surface area contributed by atoms with Crippen molar-refractivity contribution >= 4 is 52.9 Å². The molecule has 0 saturated heterocycles. The lowest BCUT2D eigenvalue weighted by atomic mass is 9.72. The number of ether oxygens (including phenoxy) is 4. The van der Waals surface area contributed by atoms with Gasteiger partial charge in [-0.2, -0.15) is 0 Å². The topological polar surface area (TPSA) is 161 Å². The summed E-state index contributed by atoms with van der Waals surface area (Å²) in [7, 11) is 2.84. The van der Waals surface area contributed by atoms with Crippen LogP contribution in [0.4, 0.5) is 13.2 Å². The fourth-order valence-electron chi connectivity index (χ4n) is 7.45. The average Bonchev–Trinajstić information content (AvgIpc) is 3.29. The quantitative estimate of drug-likeness (QED) is 0.0288. The maximum Gasteiger partial charge on any atom is 0.343 e. The Hall–Kier alpha value is -5.67. The van der Waals surface area contributed by atoms with Crippen LogP contribution in [-0.2, 0) is 31.9 Å². The van der Waals surface area contributed by atoms with Crippen LogP contribution in [0.25, 0.3) is 5.76 Å². The first-order valence-electron chi connectivity index (χ1n) is 21.6. The Morgan fingerprint density at radius 1 is 0.776 bits per heavy atom. The Kier molecular flexibility index (Phi) is 20.1. The molecule has 0 fully saturated rings. The van der Waals surface area contributed by atoms with Gasteiger partial charge in [0.05, 0.1) is 55.7 Å². The van der Waals surface area contributed by atoms with Crippen molar-refractivity contribution in [1.29, 1.82) is 0 Å². The molecule has 0 heterocycles. The molecule has 3 atom stereocenters. The van der Waals surface area contributed by atoms with E-state index in [2.05, 4.69) is 4.99 Å². The van der Waals surface area contributed by atoms with Crippen molar-refractivity contribution in [3.8, 4) is 11.5 Å². The lowest BCUT2D eigenvalue weighted by Crippen LogP contribution is -2.29. The second kappa shape index (κ2) is 24.9. The van der Waals surface area contributed by atoms with Crippen molar-refractivity contribution in [3.05, 3.63) is 144 Å². The van der Waals surface area contributed by atoms with Crippen LogP contribution >= 0.6 is 23.2 Å². The molecule has 4 aromatic carbocycles. The molecule has 1 aliphatic carbocycles. The van der Waals surface area contributed by atoms with Gasteiger partial charge in [-0.15, -0.1) is 0 Å². The van der Waals surface area contributed by atoms with E-state index in [1.807, 2.05) is 27.7 Å². The van der Waals surface area contributed by atoms with Crippen LogP contribution in [0.5, 0.6) is 11.5 Å². The van der Waals surface area contributed by atoms with Crippen LogP contribution in [0.15, 0.2) is 82.9 Å². The number of hydrogen-bond acceptors (Lipinski definition) is 11. The summed E-state index contributed by atoms with van der Waals surface area (Å²) in [5.41, 5.74) is 1.75. The molecule has 0 radical (unpaired) electrons. The molecule has 360 valence electrons. The molecule has 0 saturated carbocycles. The number of rotatable bonds is 18. The highest BCUT2D eigenvalue weighted by Crippen LogP contribution is 2.42. The molecule has 1 aliphatic rings. The third-order valence-electron chi connectivity index (χ3n) is 11.2. The summed E-state index contributed by atoms with van der Waals surface area (Å²) < 4.78 is 64.9. The second-order valence-corrected chi connectivity index (χ2v) is 17.0. The standard InChI is InChI=1S/C26H28ClFO5.C25H28ClF2NO5/c1-5-33-26(31)20-11-17(21(13-29)14(2)3)18-12-23(32-4)16(10-19(18)25(20)30)9-15-7-6-8-22(27)24(15)28;1-5-34-25(32)18(12-29-21(13-30)14(2)3)24(31)17-10-16(22(33-4)11-20(17)27)9-15-7-6-8-19(26)23(15)28/h6-8,10-12,14,17,21,29H,5,9,13H2,1-4H3;6-8,10-12,14,21,30-31H,5,9,13H2,1-4H3/t17?,21-;21-/m11/s1. The van der Waals surface area contributed by atoms with Crippen molar-refractivity contribution in [2.45, 2.75) is 66.3 Å². The minimum absolute atomic E-state index is 0.0100. The van der Waals surface area contributed by atoms with Crippen LogP contribution in [-0.4, -0.2) is 85.9 Å². The molecule has 16 heteroatoms. The first-order chi connectivity index (χ1) is 31.9. The molecule has 1 unspecified atom stereocenters. The molecule has 0 aromatic heterocycles. The number of hydrogen-bond donors (Lipinski definition) is 3. The lowest BCUT2D eigenvalue weighted by molar-refractivity contribution is -0.138. The summed E-state index contributed by atoms with van der Waals surface area (Å²) in [6, 6.07) is 14.4. The molecule has 0 spiro atoms. The third-order valence-corrected chi connectivity index (χ3v) is 11.8. The summed E-state index contributed by atoms with van der Waals surface area (Å²) in [5.74, 6) is -4.81. The number of aliphatic hydroxyl groups excluding tert-OH is 3. The summed E-state index contributed by atoms with van der Waals surface area (Å²) >= 11 is 11.8. The number of ketones is 1. The molecule has 67 heavy (non-hydrogen) atoms. The predicted molar refractivity (Wildman–Crippen MR) is 252 cm³/mol. The van der Waals surface area contributed by atoms with Gasteiger partial charge in [0.15, 0.2) is 5.78 Å². The van der Waals surface area contributed by atoms with Crippen LogP contribution in [0.2, 0.25) is 10.0 Å². The molecule has 11 nitrogen and oxygen atoms in total. The van der Waals surface area contributed by atoms with E-state index in [0.29, 0.717) is 33.6 Å². The zero-order valence-corrected chi connectivity index (χ0v) is 40.1. The number of halogens is 5. The van der Waals surface area contributed by atoms with Gasteiger partial charge in [0.1, 0.15) is 45.9 Å². The fourth-order valence-corrected chi connectivity index (χ4v) is 7.84. The molecule has 4 aromatic rings. The minimum Gasteiger partial charge on any atom is -0.506 e. The number of allylic oxidation sites excluding steroid dienone is 1. The molecular weight excluding hydrogens is 914 g/mol. The predicted octanol–water partition coefficient (Wildman–Crippen LogP) is 10.2. The molecule has 0 amide bonds. The van der Waals surface area contributed by atoms with Gasteiger partial charge in [0, 0.05) is 43.2 Å². The summed E-state index contributed by atoms with van der Waals surface area (Å²) in [6.07, 6.45) is 2.79. The first-order valence-corrected chi connectivity index (χ1v) is 22.3. The maximum atomic E-state index is 14.9. The normalized spacial score (nSPS) is 14.7. The van der Waals surface area contributed by atoms with Gasteiger partial charge in [-0.25, -0.2) is 22.8 Å². The van der Waals surface area contributed by atoms with Gasteiger partial charge in [0.2, 0.25) is 0 Å². The van der Waals surface area contributed by atoms with E-state index in [1.54, 1.807) is 50.3 Å². The molecular formula is C51H56Cl2F3NO10. The number of fused-ring (bicyclic) bond motifs is 1. The highest BCUT2D eigenvalue weighted by Gasteiger charge is 2.37. The van der Waals surface area contributed by atoms with Crippen LogP contribution in [0, 0.1) is 35.2 Å².